The molecule has 1 aromatic carbocycles. The molecule has 2 bridgehead atoms. The predicted molar refractivity (Wildman–Crippen MR) is 103 cm³/mol. The van der Waals surface area contributed by atoms with Crippen molar-refractivity contribution in [3.05, 3.63) is 17.7 Å². The molecule has 4 rings (SSSR count). The van der Waals surface area contributed by atoms with E-state index >= 15 is 0 Å². The third kappa shape index (κ3) is 3.35. The Kier molecular flexibility index (Phi) is 5.17. The summed E-state index contributed by atoms with van der Waals surface area (Å²) < 4.78 is 16.1. The summed E-state index contributed by atoms with van der Waals surface area (Å²) in [5, 5.41) is 0. The number of carbonyl (C=O) groups excluding carboxylic acids is 1. The highest BCUT2D eigenvalue weighted by atomic mass is 16.5. The zero-order valence-electron chi connectivity index (χ0n) is 16.6. The monoisotopic (exact) mass is 374 g/mol. The van der Waals surface area contributed by atoms with Crippen LogP contribution in [0, 0.1) is 11.8 Å². The molecule has 1 aliphatic heterocycles. The van der Waals surface area contributed by atoms with Gasteiger partial charge in [0.1, 0.15) is 0 Å². The zero-order valence-corrected chi connectivity index (χ0v) is 16.6. The van der Waals surface area contributed by atoms with Gasteiger partial charge in [0.25, 0.3) is 5.91 Å². The van der Waals surface area contributed by atoms with Gasteiger partial charge in [-0.25, -0.2) is 0 Å². The Hall–Kier alpha value is -1.95. The predicted octanol–water partition coefficient (Wildman–Crippen LogP) is 2.66. The van der Waals surface area contributed by atoms with Crippen LogP contribution in [0.4, 0.5) is 0 Å². The smallest absolute Gasteiger partial charge is 0.254 e. The molecule has 0 radical (unpaired) electrons. The van der Waals surface area contributed by atoms with E-state index in [0.29, 0.717) is 22.8 Å². The maximum atomic E-state index is 13.0. The van der Waals surface area contributed by atoms with Crippen LogP contribution >= 0.6 is 0 Å². The third-order valence-corrected chi connectivity index (χ3v) is 6.68. The molecular weight excluding hydrogens is 344 g/mol. The van der Waals surface area contributed by atoms with Gasteiger partial charge in [0.05, 0.1) is 21.3 Å². The summed E-state index contributed by atoms with van der Waals surface area (Å²) in [6.07, 6.45) is 5.63. The van der Waals surface area contributed by atoms with Gasteiger partial charge in [-0.3, -0.25) is 9.69 Å². The molecule has 6 heteroatoms. The van der Waals surface area contributed by atoms with Crippen LogP contribution in [0.2, 0.25) is 0 Å². The van der Waals surface area contributed by atoms with E-state index in [1.807, 2.05) is 4.90 Å². The normalized spacial score (nSPS) is 27.7. The first-order valence-electron chi connectivity index (χ1n) is 9.98. The van der Waals surface area contributed by atoms with Gasteiger partial charge >= 0.3 is 0 Å². The Morgan fingerprint density at radius 3 is 2.07 bits per heavy atom. The second-order valence-corrected chi connectivity index (χ2v) is 7.98. The fraction of sp³-hybridized carbons (Fsp3) is 0.667. The van der Waals surface area contributed by atoms with E-state index in [4.69, 9.17) is 14.2 Å². The van der Waals surface area contributed by atoms with Crippen molar-refractivity contribution >= 4 is 5.91 Å². The van der Waals surface area contributed by atoms with Crippen molar-refractivity contribution in [2.75, 3.05) is 47.5 Å². The van der Waals surface area contributed by atoms with Crippen LogP contribution in [0.15, 0.2) is 12.1 Å². The minimum atomic E-state index is 0.0295. The Balaban J connectivity index is 1.43. The third-order valence-electron chi connectivity index (χ3n) is 6.68. The summed E-state index contributed by atoms with van der Waals surface area (Å²) in [6, 6.07) is 4.24. The summed E-state index contributed by atoms with van der Waals surface area (Å²) in [7, 11) is 4.70. The molecule has 27 heavy (non-hydrogen) atoms. The molecule has 3 fully saturated rings. The van der Waals surface area contributed by atoms with Crippen molar-refractivity contribution in [1.82, 2.24) is 9.80 Å². The molecular formula is C21H30N2O4. The molecule has 1 heterocycles. The second kappa shape index (κ2) is 7.58. The number of ether oxygens (including phenoxy) is 3. The highest BCUT2D eigenvalue weighted by Gasteiger charge is 2.43. The van der Waals surface area contributed by atoms with Crippen molar-refractivity contribution in [2.45, 2.75) is 31.7 Å². The molecule has 6 nitrogen and oxygen atoms in total. The van der Waals surface area contributed by atoms with E-state index in [1.165, 1.54) is 25.7 Å². The van der Waals surface area contributed by atoms with E-state index < -0.39 is 0 Å². The molecule has 0 N–H and O–H groups in total. The SMILES string of the molecule is COc1cc(C(=O)N2CCN([C@@H]3C[C@@H]4CC[C@@H]3C4)CC2)cc(OC)c1OC. The lowest BCUT2D eigenvalue weighted by atomic mass is 9.93. The van der Waals surface area contributed by atoms with Gasteiger partial charge in [-0.05, 0) is 43.2 Å². The number of benzene rings is 1. The number of nitrogens with zero attached hydrogens (tertiary/aromatic N) is 2. The molecule has 0 unspecified atom stereocenters. The second-order valence-electron chi connectivity index (χ2n) is 7.98. The topological polar surface area (TPSA) is 51.2 Å². The van der Waals surface area contributed by atoms with Crippen LogP contribution in [0.25, 0.3) is 0 Å². The Morgan fingerprint density at radius 2 is 1.59 bits per heavy atom. The molecule has 3 aliphatic rings. The summed E-state index contributed by atoms with van der Waals surface area (Å²) in [5.74, 6) is 3.42. The molecule has 2 aliphatic carbocycles. The average molecular weight is 374 g/mol. The van der Waals surface area contributed by atoms with E-state index in [9.17, 15) is 4.79 Å². The first kappa shape index (κ1) is 18.4. The number of carbonyl (C=O) groups is 1. The molecule has 1 saturated heterocycles. The number of hydrogen-bond donors (Lipinski definition) is 0. The van der Waals surface area contributed by atoms with Crippen molar-refractivity contribution in [3.8, 4) is 17.2 Å². The molecule has 0 aromatic heterocycles. The molecule has 2 saturated carbocycles. The fourth-order valence-electron chi connectivity index (χ4n) is 5.30. The van der Waals surface area contributed by atoms with Gasteiger partial charge < -0.3 is 19.1 Å². The van der Waals surface area contributed by atoms with Gasteiger partial charge in [-0.15, -0.1) is 0 Å². The van der Waals surface area contributed by atoms with Crippen molar-refractivity contribution in [3.63, 3.8) is 0 Å². The molecule has 148 valence electrons. The van der Waals surface area contributed by atoms with Gasteiger partial charge in [-0.1, -0.05) is 6.42 Å². The number of methoxy groups -OCH3 is 3. The van der Waals surface area contributed by atoms with E-state index in [0.717, 1.165) is 44.1 Å². The Bertz CT molecular complexity index is 674. The van der Waals surface area contributed by atoms with Gasteiger partial charge in [0.15, 0.2) is 11.5 Å². The van der Waals surface area contributed by atoms with Crippen LogP contribution in [-0.4, -0.2) is 69.3 Å². The lowest BCUT2D eigenvalue weighted by Gasteiger charge is -2.41. The van der Waals surface area contributed by atoms with Crippen LogP contribution in [0.1, 0.15) is 36.0 Å². The first-order chi connectivity index (χ1) is 13.1. The van der Waals surface area contributed by atoms with Crippen LogP contribution in [0.5, 0.6) is 17.2 Å². The number of amides is 1. The van der Waals surface area contributed by atoms with Crippen molar-refractivity contribution < 1.29 is 19.0 Å². The summed E-state index contributed by atoms with van der Waals surface area (Å²) in [4.78, 5) is 17.6. The highest BCUT2D eigenvalue weighted by Crippen LogP contribution is 2.46. The summed E-state index contributed by atoms with van der Waals surface area (Å²) >= 11 is 0. The van der Waals surface area contributed by atoms with Gasteiger partial charge in [0.2, 0.25) is 5.75 Å². The Morgan fingerprint density at radius 1 is 0.926 bits per heavy atom. The number of rotatable bonds is 5. The maximum Gasteiger partial charge on any atom is 0.254 e. The van der Waals surface area contributed by atoms with Gasteiger partial charge in [-0.2, -0.15) is 0 Å². The van der Waals surface area contributed by atoms with Crippen LogP contribution in [-0.2, 0) is 0 Å². The van der Waals surface area contributed by atoms with Crippen molar-refractivity contribution in [2.24, 2.45) is 11.8 Å². The molecule has 1 aromatic rings. The minimum absolute atomic E-state index is 0.0295. The quantitative estimate of drug-likeness (QED) is 0.793. The summed E-state index contributed by atoms with van der Waals surface area (Å²) in [6.45, 7) is 3.51. The minimum Gasteiger partial charge on any atom is -0.493 e. The summed E-state index contributed by atoms with van der Waals surface area (Å²) in [5.41, 5.74) is 0.581. The standard InChI is InChI=1S/C21H30N2O4/c1-25-18-12-16(13-19(26-2)20(18)27-3)21(24)23-8-6-22(7-9-23)17-11-14-4-5-15(17)10-14/h12-15,17H,4-11H2,1-3H3/t14-,15-,17-/m1/s1. The lowest BCUT2D eigenvalue weighted by molar-refractivity contribution is 0.0495. The molecule has 3 atom stereocenters. The highest BCUT2D eigenvalue weighted by molar-refractivity contribution is 5.95. The number of piperazine rings is 1. The lowest BCUT2D eigenvalue weighted by Crippen LogP contribution is -2.53. The van der Waals surface area contributed by atoms with Crippen LogP contribution in [0.3, 0.4) is 0 Å². The number of fused-ring (bicyclic) bond motifs is 2. The molecule has 1 amide bonds. The first-order valence-corrected chi connectivity index (χ1v) is 9.98. The van der Waals surface area contributed by atoms with E-state index in [2.05, 4.69) is 4.90 Å². The average Bonchev–Trinajstić information content (AvgIpc) is 3.35. The number of hydrogen-bond acceptors (Lipinski definition) is 5. The van der Waals surface area contributed by atoms with Crippen LogP contribution < -0.4 is 14.2 Å². The maximum absolute atomic E-state index is 13.0. The Labute approximate surface area is 161 Å². The van der Waals surface area contributed by atoms with Crippen molar-refractivity contribution in [1.29, 1.82) is 0 Å². The van der Waals surface area contributed by atoms with Gasteiger partial charge in [0, 0.05) is 37.8 Å². The van der Waals surface area contributed by atoms with E-state index in [-0.39, 0.29) is 5.91 Å². The van der Waals surface area contributed by atoms with E-state index in [1.54, 1.807) is 33.5 Å². The zero-order chi connectivity index (χ0) is 19.0. The largest absolute Gasteiger partial charge is 0.493 e. The molecule has 0 spiro atoms. The fourth-order valence-corrected chi connectivity index (χ4v) is 5.30.